The third-order valence-corrected chi connectivity index (χ3v) is 4.28. The van der Waals surface area contributed by atoms with Crippen molar-refractivity contribution in [1.29, 1.82) is 0 Å². The molecule has 0 amide bonds. The van der Waals surface area contributed by atoms with Gasteiger partial charge in [0.2, 0.25) is 0 Å². The molecule has 0 aromatic heterocycles. The lowest BCUT2D eigenvalue weighted by Crippen LogP contribution is -2.36. The summed E-state index contributed by atoms with van der Waals surface area (Å²) in [4.78, 5) is 2.19. The molecule has 19 heavy (non-hydrogen) atoms. The predicted molar refractivity (Wildman–Crippen MR) is 77.5 cm³/mol. The van der Waals surface area contributed by atoms with Crippen LogP contribution in [0.4, 0.5) is 4.39 Å². The summed E-state index contributed by atoms with van der Waals surface area (Å²) in [6.45, 7) is 2.20. The molecule has 1 aromatic rings. The number of hydrogen-bond acceptors (Lipinski definition) is 3. The quantitative estimate of drug-likeness (QED) is 0.902. The van der Waals surface area contributed by atoms with E-state index in [2.05, 4.69) is 20.8 Å². The van der Waals surface area contributed by atoms with Gasteiger partial charge in [0.15, 0.2) is 0 Å². The second-order valence-electron chi connectivity index (χ2n) is 4.99. The number of halogens is 2. The Balaban J connectivity index is 2.09. The van der Waals surface area contributed by atoms with Gasteiger partial charge in [0.1, 0.15) is 5.82 Å². The second-order valence-corrected chi connectivity index (χ2v) is 5.85. The minimum atomic E-state index is -0.242. The van der Waals surface area contributed by atoms with Gasteiger partial charge in [0.25, 0.3) is 0 Å². The normalized spacial score (nSPS) is 21.0. The minimum absolute atomic E-state index is 0.0687. The van der Waals surface area contributed by atoms with E-state index in [4.69, 9.17) is 10.5 Å². The van der Waals surface area contributed by atoms with Crippen LogP contribution in [0, 0.1) is 5.82 Å². The van der Waals surface area contributed by atoms with Gasteiger partial charge in [-0.15, -0.1) is 0 Å². The van der Waals surface area contributed by atoms with Gasteiger partial charge in [0, 0.05) is 30.2 Å². The SMILES string of the molecule is CN(CC1CCCO1)C(CN)c1ccc(F)cc1Br. The predicted octanol–water partition coefficient (Wildman–Crippen LogP) is 2.70. The van der Waals surface area contributed by atoms with Crippen molar-refractivity contribution >= 4 is 15.9 Å². The molecule has 2 unspecified atom stereocenters. The number of rotatable bonds is 5. The van der Waals surface area contributed by atoms with Gasteiger partial charge < -0.3 is 10.5 Å². The first-order valence-electron chi connectivity index (χ1n) is 6.58. The van der Waals surface area contributed by atoms with Crippen LogP contribution >= 0.6 is 15.9 Å². The monoisotopic (exact) mass is 330 g/mol. The zero-order valence-electron chi connectivity index (χ0n) is 11.1. The molecule has 2 rings (SSSR count). The van der Waals surface area contributed by atoms with Gasteiger partial charge in [-0.1, -0.05) is 22.0 Å². The van der Waals surface area contributed by atoms with E-state index in [9.17, 15) is 4.39 Å². The van der Waals surface area contributed by atoms with Crippen LogP contribution in [0.5, 0.6) is 0 Å². The molecule has 1 fully saturated rings. The van der Waals surface area contributed by atoms with Crippen LogP contribution in [-0.4, -0.2) is 37.7 Å². The van der Waals surface area contributed by atoms with E-state index < -0.39 is 0 Å². The first-order valence-corrected chi connectivity index (χ1v) is 7.38. The molecule has 5 heteroatoms. The number of ether oxygens (including phenoxy) is 1. The Kier molecular flexibility index (Phi) is 5.33. The maximum atomic E-state index is 13.1. The average Bonchev–Trinajstić information content (AvgIpc) is 2.85. The standard InChI is InChI=1S/C14H20BrFN2O/c1-18(9-11-3-2-6-19-11)14(8-17)12-5-4-10(16)7-13(12)15/h4-5,7,11,14H,2-3,6,8-9,17H2,1H3. The molecule has 0 saturated carbocycles. The molecule has 1 heterocycles. The van der Waals surface area contributed by atoms with E-state index in [-0.39, 0.29) is 11.9 Å². The molecule has 2 N–H and O–H groups in total. The van der Waals surface area contributed by atoms with Gasteiger partial charge >= 0.3 is 0 Å². The van der Waals surface area contributed by atoms with Gasteiger partial charge in [-0.05, 0) is 37.6 Å². The Labute approximate surface area is 122 Å². The second kappa shape index (κ2) is 6.79. The highest BCUT2D eigenvalue weighted by atomic mass is 79.9. The first kappa shape index (κ1) is 14.9. The molecule has 0 bridgehead atoms. The van der Waals surface area contributed by atoms with Crippen molar-refractivity contribution in [1.82, 2.24) is 4.90 Å². The Hall–Kier alpha value is -0.490. The molecule has 1 saturated heterocycles. The molecule has 1 aliphatic heterocycles. The summed E-state index contributed by atoms with van der Waals surface area (Å²) in [6.07, 6.45) is 2.52. The number of nitrogens with zero attached hydrogens (tertiary/aromatic N) is 1. The van der Waals surface area contributed by atoms with Gasteiger partial charge in [-0.3, -0.25) is 4.90 Å². The first-order chi connectivity index (χ1) is 9.11. The van der Waals surface area contributed by atoms with Crippen LogP contribution in [0.3, 0.4) is 0 Å². The average molecular weight is 331 g/mol. The van der Waals surface area contributed by atoms with Gasteiger partial charge in [0.05, 0.1) is 6.10 Å². The molecule has 106 valence electrons. The van der Waals surface area contributed by atoms with Crippen molar-refractivity contribution < 1.29 is 9.13 Å². The summed E-state index contributed by atoms with van der Waals surface area (Å²) >= 11 is 3.42. The van der Waals surface area contributed by atoms with Crippen molar-refractivity contribution in [2.75, 3.05) is 26.7 Å². The molecule has 3 nitrogen and oxygen atoms in total. The fourth-order valence-electron chi connectivity index (χ4n) is 2.55. The molecule has 1 aromatic carbocycles. The topological polar surface area (TPSA) is 38.5 Å². The zero-order chi connectivity index (χ0) is 13.8. The number of hydrogen-bond donors (Lipinski definition) is 1. The van der Waals surface area contributed by atoms with Crippen molar-refractivity contribution in [2.45, 2.75) is 25.0 Å². The van der Waals surface area contributed by atoms with E-state index in [1.165, 1.54) is 12.1 Å². The van der Waals surface area contributed by atoms with Crippen molar-refractivity contribution in [2.24, 2.45) is 5.73 Å². The van der Waals surface area contributed by atoms with E-state index in [1.807, 2.05) is 7.05 Å². The van der Waals surface area contributed by atoms with Crippen LogP contribution in [0.25, 0.3) is 0 Å². The van der Waals surface area contributed by atoms with E-state index in [0.717, 1.165) is 36.0 Å². The highest BCUT2D eigenvalue weighted by Crippen LogP contribution is 2.28. The number of nitrogens with two attached hydrogens (primary N) is 1. The summed E-state index contributed by atoms with van der Waals surface area (Å²) in [5, 5.41) is 0. The Morgan fingerprint density at radius 2 is 2.37 bits per heavy atom. The summed E-state index contributed by atoms with van der Waals surface area (Å²) in [5.41, 5.74) is 6.91. The van der Waals surface area contributed by atoms with Crippen molar-refractivity contribution in [3.05, 3.63) is 34.1 Å². The summed E-state index contributed by atoms with van der Waals surface area (Å²) in [5.74, 6) is -0.242. The molecule has 2 atom stereocenters. The van der Waals surface area contributed by atoms with Gasteiger partial charge in [-0.2, -0.15) is 0 Å². The number of likely N-dealkylation sites (N-methyl/N-ethyl adjacent to an activating group) is 1. The Morgan fingerprint density at radius 1 is 1.58 bits per heavy atom. The lowest BCUT2D eigenvalue weighted by atomic mass is 10.0. The molecule has 0 radical (unpaired) electrons. The van der Waals surface area contributed by atoms with E-state index in [1.54, 1.807) is 6.07 Å². The molecule has 0 aliphatic carbocycles. The van der Waals surface area contributed by atoms with Crippen LogP contribution in [-0.2, 0) is 4.74 Å². The smallest absolute Gasteiger partial charge is 0.124 e. The molecule has 0 spiro atoms. The van der Waals surface area contributed by atoms with Crippen LogP contribution in [0.1, 0.15) is 24.4 Å². The highest BCUT2D eigenvalue weighted by molar-refractivity contribution is 9.10. The van der Waals surface area contributed by atoms with Crippen LogP contribution in [0.2, 0.25) is 0 Å². The van der Waals surface area contributed by atoms with Crippen LogP contribution in [0.15, 0.2) is 22.7 Å². The Bertz CT molecular complexity index is 424. The molecular formula is C14H20BrFN2O. The van der Waals surface area contributed by atoms with Crippen LogP contribution < -0.4 is 5.73 Å². The summed E-state index contributed by atoms with van der Waals surface area (Å²) in [7, 11) is 2.04. The highest BCUT2D eigenvalue weighted by Gasteiger charge is 2.23. The van der Waals surface area contributed by atoms with Crippen molar-refractivity contribution in [3.63, 3.8) is 0 Å². The fraction of sp³-hybridized carbons (Fsp3) is 0.571. The third-order valence-electron chi connectivity index (χ3n) is 3.59. The third kappa shape index (κ3) is 3.75. The maximum Gasteiger partial charge on any atom is 0.124 e. The molecule has 1 aliphatic rings. The van der Waals surface area contributed by atoms with Gasteiger partial charge in [-0.25, -0.2) is 4.39 Å². The van der Waals surface area contributed by atoms with E-state index in [0.29, 0.717) is 12.6 Å². The minimum Gasteiger partial charge on any atom is -0.377 e. The number of benzene rings is 1. The zero-order valence-corrected chi connectivity index (χ0v) is 12.7. The largest absolute Gasteiger partial charge is 0.377 e. The Morgan fingerprint density at radius 3 is 2.95 bits per heavy atom. The lowest BCUT2D eigenvalue weighted by molar-refractivity contribution is 0.0688. The van der Waals surface area contributed by atoms with E-state index >= 15 is 0 Å². The maximum absolute atomic E-state index is 13.1. The van der Waals surface area contributed by atoms with Crippen molar-refractivity contribution in [3.8, 4) is 0 Å². The summed E-state index contributed by atoms with van der Waals surface area (Å²) in [6, 6.07) is 4.82. The summed E-state index contributed by atoms with van der Waals surface area (Å²) < 4.78 is 19.6. The fourth-order valence-corrected chi connectivity index (χ4v) is 3.17. The lowest BCUT2D eigenvalue weighted by Gasteiger charge is -2.30. The molecular weight excluding hydrogens is 311 g/mol.